The van der Waals surface area contributed by atoms with Crippen LogP contribution in [0.2, 0.25) is 0 Å². The normalized spacial score (nSPS) is 10.9. The molecule has 0 aliphatic rings. The number of anilines is 1. The highest BCUT2D eigenvalue weighted by Crippen LogP contribution is 2.28. The minimum atomic E-state index is -0.232. The number of thiophene rings is 1. The second-order valence-electron chi connectivity index (χ2n) is 6.87. The van der Waals surface area contributed by atoms with Crippen LogP contribution >= 0.6 is 23.1 Å². The second kappa shape index (κ2) is 9.24. The lowest BCUT2D eigenvalue weighted by atomic mass is 10.2. The number of rotatable bonds is 8. The minimum absolute atomic E-state index is 0.130. The van der Waals surface area contributed by atoms with Crippen LogP contribution in [0.5, 0.6) is 0 Å². The number of nitrogens with one attached hydrogen (secondary N) is 2. The lowest BCUT2D eigenvalue weighted by molar-refractivity contribution is -0.113. The number of carbonyl (C=O) groups excluding carboxylic acids is 1. The van der Waals surface area contributed by atoms with Crippen LogP contribution in [0, 0.1) is 25.2 Å². The summed E-state index contributed by atoms with van der Waals surface area (Å²) in [6, 6.07) is 9.92. The Morgan fingerprint density at radius 3 is 2.97 bits per heavy atom. The second-order valence-corrected chi connectivity index (χ2v) is 8.84. The Balaban J connectivity index is 1.43. The maximum absolute atomic E-state index is 12.7. The smallest absolute Gasteiger partial charge is 0.235 e. The number of nitrogens with zero attached hydrogens (tertiary/aromatic N) is 4. The van der Waals surface area contributed by atoms with Crippen LogP contribution in [0.15, 0.2) is 45.5 Å². The van der Waals surface area contributed by atoms with E-state index in [4.69, 9.17) is 4.42 Å². The largest absolute Gasteiger partial charge is 0.467 e. The van der Waals surface area contributed by atoms with Crippen LogP contribution < -0.4 is 5.32 Å². The molecule has 10 heteroatoms. The fourth-order valence-corrected chi connectivity index (χ4v) is 4.51. The van der Waals surface area contributed by atoms with Crippen molar-refractivity contribution in [2.75, 3.05) is 11.1 Å². The van der Waals surface area contributed by atoms with Gasteiger partial charge in [-0.05, 0) is 43.0 Å². The molecule has 0 aliphatic carbocycles. The number of hydrogen-bond donors (Lipinski definition) is 2. The Bertz CT molecular complexity index is 1220. The number of thioether (sulfide) groups is 1. The summed E-state index contributed by atoms with van der Waals surface area (Å²) in [5.41, 5.74) is 2.20. The standard InChI is InChI=1S/C21H20N6O2S2/c1-13-14(2)27(11-15-5-3-7-29-15)20(17(13)10-22)24-19(28)12-31-21-23-18(25-26-21)9-16-6-4-8-30-16/h3-8H,9,11-12H2,1-2H3,(H,24,28)(H,23,25,26). The first kappa shape index (κ1) is 21.0. The summed E-state index contributed by atoms with van der Waals surface area (Å²) >= 11 is 2.91. The van der Waals surface area contributed by atoms with E-state index in [1.165, 1.54) is 16.6 Å². The molecule has 0 aromatic carbocycles. The number of amides is 1. The van der Waals surface area contributed by atoms with Gasteiger partial charge < -0.3 is 14.3 Å². The molecule has 4 heterocycles. The van der Waals surface area contributed by atoms with Crippen molar-refractivity contribution >= 4 is 34.8 Å². The topological polar surface area (TPSA) is 113 Å². The highest BCUT2D eigenvalue weighted by molar-refractivity contribution is 7.99. The molecule has 158 valence electrons. The Labute approximate surface area is 187 Å². The zero-order chi connectivity index (χ0) is 21.8. The van der Waals surface area contributed by atoms with E-state index in [1.807, 2.05) is 48.1 Å². The highest BCUT2D eigenvalue weighted by atomic mass is 32.2. The third-order valence-electron chi connectivity index (χ3n) is 4.86. The molecule has 31 heavy (non-hydrogen) atoms. The number of aromatic amines is 1. The SMILES string of the molecule is Cc1c(C#N)c(NC(=O)CSc2n[nH]c(Cc3cccs3)n2)n(Cc2ccco2)c1C. The number of carbonyl (C=O) groups is 1. The van der Waals surface area contributed by atoms with Gasteiger partial charge in [-0.2, -0.15) is 5.26 Å². The maximum atomic E-state index is 12.7. The van der Waals surface area contributed by atoms with Gasteiger partial charge in [-0.3, -0.25) is 9.89 Å². The van der Waals surface area contributed by atoms with Gasteiger partial charge in [0.1, 0.15) is 23.5 Å². The molecule has 4 rings (SSSR count). The van der Waals surface area contributed by atoms with E-state index in [9.17, 15) is 10.1 Å². The highest BCUT2D eigenvalue weighted by Gasteiger charge is 2.20. The van der Waals surface area contributed by atoms with Gasteiger partial charge in [0.2, 0.25) is 11.1 Å². The molecule has 0 saturated heterocycles. The molecule has 1 amide bonds. The molecular formula is C21H20N6O2S2. The van der Waals surface area contributed by atoms with Gasteiger partial charge in [0, 0.05) is 17.0 Å². The predicted octanol–water partition coefficient (Wildman–Crippen LogP) is 4.12. The van der Waals surface area contributed by atoms with Crippen LogP contribution in [0.3, 0.4) is 0 Å². The van der Waals surface area contributed by atoms with E-state index in [0.29, 0.717) is 29.5 Å². The predicted molar refractivity (Wildman–Crippen MR) is 119 cm³/mol. The quantitative estimate of drug-likeness (QED) is 0.389. The van der Waals surface area contributed by atoms with Crippen molar-refractivity contribution in [2.45, 2.75) is 32.0 Å². The van der Waals surface area contributed by atoms with Gasteiger partial charge in [-0.15, -0.1) is 16.4 Å². The number of hydrogen-bond acceptors (Lipinski definition) is 7. The van der Waals surface area contributed by atoms with E-state index >= 15 is 0 Å². The summed E-state index contributed by atoms with van der Waals surface area (Å²) in [7, 11) is 0. The van der Waals surface area contributed by atoms with Crippen molar-refractivity contribution in [3.63, 3.8) is 0 Å². The van der Waals surface area contributed by atoms with E-state index in [2.05, 4.69) is 26.6 Å². The Hall–Kier alpha value is -3.29. The van der Waals surface area contributed by atoms with Crippen LogP contribution in [0.4, 0.5) is 5.82 Å². The van der Waals surface area contributed by atoms with Crippen molar-refractivity contribution in [2.24, 2.45) is 0 Å². The monoisotopic (exact) mass is 452 g/mol. The summed E-state index contributed by atoms with van der Waals surface area (Å²) in [6.07, 6.45) is 2.28. The van der Waals surface area contributed by atoms with Crippen molar-refractivity contribution in [1.82, 2.24) is 19.7 Å². The number of H-pyrrole nitrogens is 1. The van der Waals surface area contributed by atoms with Crippen LogP contribution in [0.1, 0.15) is 33.3 Å². The molecule has 0 spiro atoms. The van der Waals surface area contributed by atoms with Gasteiger partial charge in [-0.1, -0.05) is 17.8 Å². The lowest BCUT2D eigenvalue weighted by Crippen LogP contribution is -2.18. The summed E-state index contributed by atoms with van der Waals surface area (Å²) in [5, 5.41) is 22.1. The Kier molecular flexibility index (Phi) is 6.25. The zero-order valence-electron chi connectivity index (χ0n) is 17.0. The molecule has 2 N–H and O–H groups in total. The third-order valence-corrected chi connectivity index (χ3v) is 6.58. The van der Waals surface area contributed by atoms with Gasteiger partial charge in [-0.25, -0.2) is 4.98 Å². The van der Waals surface area contributed by atoms with Gasteiger partial charge >= 0.3 is 0 Å². The molecule has 0 fully saturated rings. The van der Waals surface area contributed by atoms with Crippen molar-refractivity contribution < 1.29 is 9.21 Å². The van der Waals surface area contributed by atoms with Crippen molar-refractivity contribution in [3.05, 3.63) is 69.2 Å². The van der Waals surface area contributed by atoms with Gasteiger partial charge in [0.15, 0.2) is 0 Å². The van der Waals surface area contributed by atoms with Crippen LogP contribution in [0.25, 0.3) is 0 Å². The van der Waals surface area contributed by atoms with E-state index in [-0.39, 0.29) is 11.7 Å². The van der Waals surface area contributed by atoms with Crippen LogP contribution in [-0.4, -0.2) is 31.4 Å². The summed E-state index contributed by atoms with van der Waals surface area (Å²) in [4.78, 5) is 18.3. The first-order valence-corrected chi connectivity index (χ1v) is 11.4. The average molecular weight is 453 g/mol. The molecular weight excluding hydrogens is 432 g/mol. The van der Waals surface area contributed by atoms with Gasteiger partial charge in [0.25, 0.3) is 0 Å². The fourth-order valence-electron chi connectivity index (χ4n) is 3.18. The molecule has 0 bridgehead atoms. The van der Waals surface area contributed by atoms with E-state index < -0.39 is 0 Å². The fraction of sp³-hybridized carbons (Fsp3) is 0.238. The average Bonchev–Trinajstić information content (AvgIpc) is 3.55. The number of aromatic nitrogens is 4. The first-order valence-electron chi connectivity index (χ1n) is 9.53. The summed E-state index contributed by atoms with van der Waals surface area (Å²) in [5.74, 6) is 1.88. The van der Waals surface area contributed by atoms with Crippen LogP contribution in [-0.2, 0) is 17.8 Å². The Morgan fingerprint density at radius 2 is 2.26 bits per heavy atom. The van der Waals surface area contributed by atoms with E-state index in [0.717, 1.165) is 22.8 Å². The zero-order valence-corrected chi connectivity index (χ0v) is 18.6. The van der Waals surface area contributed by atoms with Gasteiger partial charge in [0.05, 0.1) is 24.1 Å². The molecule has 0 atom stereocenters. The summed E-state index contributed by atoms with van der Waals surface area (Å²) in [6.45, 7) is 4.23. The van der Waals surface area contributed by atoms with Crippen molar-refractivity contribution in [3.8, 4) is 6.07 Å². The molecule has 0 unspecified atom stereocenters. The molecule has 4 aromatic heterocycles. The summed E-state index contributed by atoms with van der Waals surface area (Å²) < 4.78 is 7.33. The molecule has 0 aliphatic heterocycles. The molecule has 8 nitrogen and oxygen atoms in total. The first-order chi connectivity index (χ1) is 15.0. The minimum Gasteiger partial charge on any atom is -0.467 e. The molecule has 0 radical (unpaired) electrons. The molecule has 0 saturated carbocycles. The molecule has 4 aromatic rings. The third kappa shape index (κ3) is 4.73. The number of nitriles is 1. The van der Waals surface area contributed by atoms with Crippen molar-refractivity contribution in [1.29, 1.82) is 5.26 Å². The number of furan rings is 1. The van der Waals surface area contributed by atoms with E-state index in [1.54, 1.807) is 17.6 Å². The maximum Gasteiger partial charge on any atom is 0.235 e. The Morgan fingerprint density at radius 1 is 1.39 bits per heavy atom. The lowest BCUT2D eigenvalue weighted by Gasteiger charge is -2.11.